The smallest absolute Gasteiger partial charge is 0.153 e. The summed E-state index contributed by atoms with van der Waals surface area (Å²) in [6.07, 6.45) is 2.70. The summed E-state index contributed by atoms with van der Waals surface area (Å²) in [5, 5.41) is 13.2. The van der Waals surface area contributed by atoms with Crippen molar-refractivity contribution in [1.29, 1.82) is 0 Å². The highest BCUT2D eigenvalue weighted by Gasteiger charge is 2.18. The van der Waals surface area contributed by atoms with E-state index in [1.165, 1.54) is 16.8 Å². The molecule has 2 N–H and O–H groups in total. The van der Waals surface area contributed by atoms with Gasteiger partial charge in [-0.1, -0.05) is 12.1 Å². The highest BCUT2D eigenvalue weighted by molar-refractivity contribution is 5.89. The second kappa shape index (κ2) is 7.93. The molecule has 0 atom stereocenters. The molecule has 0 amide bonds. The van der Waals surface area contributed by atoms with Crippen molar-refractivity contribution in [3.8, 4) is 11.1 Å². The third-order valence-corrected chi connectivity index (χ3v) is 6.97. The predicted octanol–water partition coefficient (Wildman–Crippen LogP) is 4.38. The fourth-order valence-corrected chi connectivity index (χ4v) is 5.00. The molecule has 168 valence electrons. The van der Waals surface area contributed by atoms with Crippen LogP contribution in [0.25, 0.3) is 21.9 Å². The van der Waals surface area contributed by atoms with Crippen LogP contribution in [0.5, 0.6) is 0 Å². The Balaban J connectivity index is 1.34. The quantitative estimate of drug-likeness (QED) is 0.493. The number of pyridine rings is 1. The van der Waals surface area contributed by atoms with E-state index in [-0.39, 0.29) is 5.82 Å². The maximum atomic E-state index is 15.1. The molecule has 0 saturated carbocycles. The van der Waals surface area contributed by atoms with E-state index in [1.807, 2.05) is 18.2 Å². The summed E-state index contributed by atoms with van der Waals surface area (Å²) in [5.41, 5.74) is 6.55. The van der Waals surface area contributed by atoms with Crippen molar-refractivity contribution in [2.24, 2.45) is 0 Å². The van der Waals surface area contributed by atoms with Crippen LogP contribution in [0.15, 0.2) is 42.6 Å². The third-order valence-electron chi connectivity index (χ3n) is 6.97. The third kappa shape index (κ3) is 3.67. The summed E-state index contributed by atoms with van der Waals surface area (Å²) in [6.45, 7) is 6.72. The standard InChI is InChI=1S/C26H27FN6/c1-16-21(4-3-17-13-28-15-23(16)17)22-9-18-11-25(29-14-19(18)10-24(22)27)30-26-12-20-5-6-32(2)7-8-33(20)31-26/h3-4,9-12,14,28H,5-8,13,15H2,1-2H3,(H,29,30,31). The number of likely N-dealkylation sites (N-methyl/N-ethyl adjacent to an activating group) is 1. The molecule has 0 aliphatic carbocycles. The van der Waals surface area contributed by atoms with Gasteiger partial charge >= 0.3 is 0 Å². The fourth-order valence-electron chi connectivity index (χ4n) is 5.00. The molecule has 0 bridgehead atoms. The summed E-state index contributed by atoms with van der Waals surface area (Å²) in [4.78, 5) is 6.83. The minimum atomic E-state index is -0.221. The largest absolute Gasteiger partial charge is 0.323 e. The van der Waals surface area contributed by atoms with Crippen LogP contribution < -0.4 is 10.6 Å². The summed E-state index contributed by atoms with van der Waals surface area (Å²) in [6, 6.07) is 11.8. The number of nitrogens with zero attached hydrogens (tertiary/aromatic N) is 4. The molecule has 0 fully saturated rings. The van der Waals surface area contributed by atoms with Crippen LogP contribution in [0.3, 0.4) is 0 Å². The molecule has 0 radical (unpaired) electrons. The molecular formula is C26H27FN6. The van der Waals surface area contributed by atoms with Crippen molar-refractivity contribution >= 4 is 22.4 Å². The molecule has 2 aliphatic rings. The first-order valence-corrected chi connectivity index (χ1v) is 11.5. The number of aromatic nitrogens is 3. The number of nitrogens with one attached hydrogen (secondary N) is 2. The number of benzene rings is 2. The molecule has 6 rings (SSSR count). The molecule has 33 heavy (non-hydrogen) atoms. The van der Waals surface area contributed by atoms with Gasteiger partial charge in [-0.3, -0.25) is 4.68 Å². The van der Waals surface area contributed by atoms with E-state index in [1.54, 1.807) is 12.3 Å². The Hall–Kier alpha value is -3.29. The molecule has 0 saturated heterocycles. The van der Waals surface area contributed by atoms with Crippen molar-refractivity contribution in [3.05, 3.63) is 70.8 Å². The molecule has 7 heteroatoms. The van der Waals surface area contributed by atoms with Gasteiger partial charge in [0.2, 0.25) is 0 Å². The van der Waals surface area contributed by atoms with Crippen LogP contribution in [0.1, 0.15) is 22.4 Å². The summed E-state index contributed by atoms with van der Waals surface area (Å²) in [7, 11) is 2.14. The van der Waals surface area contributed by atoms with Crippen molar-refractivity contribution in [2.75, 3.05) is 25.5 Å². The molecule has 6 nitrogen and oxygen atoms in total. The number of anilines is 2. The van der Waals surface area contributed by atoms with Crippen LogP contribution in [0.4, 0.5) is 16.0 Å². The van der Waals surface area contributed by atoms with E-state index < -0.39 is 0 Å². The van der Waals surface area contributed by atoms with Crippen molar-refractivity contribution in [3.63, 3.8) is 0 Å². The Morgan fingerprint density at radius 2 is 1.88 bits per heavy atom. The van der Waals surface area contributed by atoms with Gasteiger partial charge in [0, 0.05) is 61.5 Å². The van der Waals surface area contributed by atoms with Crippen LogP contribution in [0, 0.1) is 12.7 Å². The van der Waals surface area contributed by atoms with Gasteiger partial charge in [-0.2, -0.15) is 5.10 Å². The molecule has 4 heterocycles. The van der Waals surface area contributed by atoms with Crippen LogP contribution in [0.2, 0.25) is 0 Å². The van der Waals surface area contributed by atoms with Crippen molar-refractivity contribution in [2.45, 2.75) is 33.0 Å². The lowest BCUT2D eigenvalue weighted by molar-refractivity contribution is 0.337. The van der Waals surface area contributed by atoms with Gasteiger partial charge in [0.25, 0.3) is 0 Å². The van der Waals surface area contributed by atoms with E-state index in [4.69, 9.17) is 5.10 Å². The normalized spacial score (nSPS) is 16.0. The second-order valence-electron chi connectivity index (χ2n) is 9.15. The van der Waals surface area contributed by atoms with Crippen LogP contribution >= 0.6 is 0 Å². The fraction of sp³-hybridized carbons (Fsp3) is 0.308. The number of hydrogen-bond donors (Lipinski definition) is 2. The molecule has 2 aromatic heterocycles. The van der Waals surface area contributed by atoms with Gasteiger partial charge < -0.3 is 15.5 Å². The van der Waals surface area contributed by atoms with Gasteiger partial charge in [0.05, 0.1) is 6.54 Å². The van der Waals surface area contributed by atoms with E-state index in [2.05, 4.69) is 51.3 Å². The van der Waals surface area contributed by atoms with Crippen LogP contribution in [-0.4, -0.2) is 39.8 Å². The highest BCUT2D eigenvalue weighted by Crippen LogP contribution is 2.34. The highest BCUT2D eigenvalue weighted by atomic mass is 19.1. The Bertz CT molecular complexity index is 1350. The van der Waals surface area contributed by atoms with Crippen LogP contribution in [-0.2, 0) is 26.1 Å². The topological polar surface area (TPSA) is 58.0 Å². The maximum Gasteiger partial charge on any atom is 0.153 e. The first-order chi connectivity index (χ1) is 16.0. The summed E-state index contributed by atoms with van der Waals surface area (Å²) in [5.74, 6) is 1.29. The van der Waals surface area contributed by atoms with Crippen molar-refractivity contribution < 1.29 is 4.39 Å². The van der Waals surface area contributed by atoms with Gasteiger partial charge in [0.15, 0.2) is 5.82 Å². The first-order valence-electron chi connectivity index (χ1n) is 11.5. The monoisotopic (exact) mass is 442 g/mol. The zero-order valence-electron chi connectivity index (χ0n) is 19.0. The Morgan fingerprint density at radius 3 is 2.79 bits per heavy atom. The Morgan fingerprint density at radius 1 is 0.970 bits per heavy atom. The minimum Gasteiger partial charge on any atom is -0.323 e. The molecular weight excluding hydrogens is 415 g/mol. The summed E-state index contributed by atoms with van der Waals surface area (Å²) < 4.78 is 17.2. The summed E-state index contributed by atoms with van der Waals surface area (Å²) >= 11 is 0. The molecule has 2 aromatic carbocycles. The number of hydrogen-bond acceptors (Lipinski definition) is 5. The van der Waals surface area contributed by atoms with Gasteiger partial charge in [-0.05, 0) is 59.8 Å². The van der Waals surface area contributed by atoms with Gasteiger partial charge in [0.1, 0.15) is 11.6 Å². The van der Waals surface area contributed by atoms with E-state index in [0.717, 1.165) is 66.9 Å². The van der Waals surface area contributed by atoms with Gasteiger partial charge in [-0.15, -0.1) is 0 Å². The first kappa shape index (κ1) is 20.3. The number of rotatable bonds is 3. The minimum absolute atomic E-state index is 0.221. The zero-order valence-corrected chi connectivity index (χ0v) is 19.0. The lowest BCUT2D eigenvalue weighted by Gasteiger charge is -2.13. The number of fused-ring (bicyclic) bond motifs is 3. The van der Waals surface area contributed by atoms with E-state index >= 15 is 4.39 Å². The average Bonchev–Trinajstić information content (AvgIpc) is 3.40. The lowest BCUT2D eigenvalue weighted by Crippen LogP contribution is -2.21. The van der Waals surface area contributed by atoms with Gasteiger partial charge in [-0.25, -0.2) is 9.37 Å². The lowest BCUT2D eigenvalue weighted by atomic mass is 9.93. The zero-order chi connectivity index (χ0) is 22.5. The number of halogens is 1. The molecule has 0 spiro atoms. The Labute approximate surface area is 192 Å². The molecule has 0 unspecified atom stereocenters. The molecule has 2 aliphatic heterocycles. The van der Waals surface area contributed by atoms with Crippen molar-refractivity contribution in [1.82, 2.24) is 25.0 Å². The van der Waals surface area contributed by atoms with E-state index in [0.29, 0.717) is 11.4 Å². The Kier molecular flexibility index (Phi) is 4.89. The predicted molar refractivity (Wildman–Crippen MR) is 129 cm³/mol. The maximum absolute atomic E-state index is 15.1. The SMILES string of the molecule is Cc1c(-c2cc3cc(Nc4cc5n(n4)CCN(C)CC5)ncc3cc2F)ccc2c1CNC2. The average molecular weight is 443 g/mol. The second-order valence-corrected chi connectivity index (χ2v) is 9.15. The molecule has 4 aromatic rings. The van der Waals surface area contributed by atoms with E-state index in [9.17, 15) is 0 Å².